The molecule has 0 saturated carbocycles. The summed E-state index contributed by atoms with van der Waals surface area (Å²) >= 11 is 0. The first-order valence-electron chi connectivity index (χ1n) is 7.99. The van der Waals surface area contributed by atoms with E-state index in [1.807, 2.05) is 26.8 Å². The molecule has 0 aromatic heterocycles. The van der Waals surface area contributed by atoms with Crippen molar-refractivity contribution in [2.24, 2.45) is 0 Å². The van der Waals surface area contributed by atoms with Crippen LogP contribution in [0.15, 0.2) is 47.4 Å². The van der Waals surface area contributed by atoms with Crippen LogP contribution in [-0.4, -0.2) is 39.9 Å². The Bertz CT molecular complexity index is 872. The molecule has 0 heterocycles. The molecule has 0 atom stereocenters. The van der Waals surface area contributed by atoms with E-state index in [-0.39, 0.29) is 17.3 Å². The summed E-state index contributed by atoms with van der Waals surface area (Å²) in [6.07, 6.45) is 0. The second-order valence-electron chi connectivity index (χ2n) is 6.38. The summed E-state index contributed by atoms with van der Waals surface area (Å²) < 4.78 is 27.5. The lowest BCUT2D eigenvalue weighted by Gasteiger charge is -2.26. The highest BCUT2D eigenvalue weighted by atomic mass is 32.2. The molecular weight excluding hydrogens is 336 g/mol. The van der Waals surface area contributed by atoms with Crippen LogP contribution in [0.3, 0.4) is 0 Å². The summed E-state index contributed by atoms with van der Waals surface area (Å²) in [7, 11) is -0.622. The van der Waals surface area contributed by atoms with Gasteiger partial charge in [-0.05, 0) is 56.2 Å². The van der Waals surface area contributed by atoms with E-state index >= 15 is 0 Å². The quantitative estimate of drug-likeness (QED) is 0.824. The number of amides is 1. The minimum absolute atomic E-state index is 0.169. The topological polar surface area (TPSA) is 57.7 Å². The van der Waals surface area contributed by atoms with Crippen LogP contribution in [0.5, 0.6) is 0 Å². The van der Waals surface area contributed by atoms with E-state index in [1.54, 1.807) is 50.5 Å². The second kappa shape index (κ2) is 7.27. The molecule has 0 aliphatic rings. The monoisotopic (exact) mass is 360 g/mol. The summed E-state index contributed by atoms with van der Waals surface area (Å²) in [5.74, 6) is -0.283. The first-order valence-corrected chi connectivity index (χ1v) is 9.44. The van der Waals surface area contributed by atoms with Gasteiger partial charge in [-0.25, -0.2) is 8.42 Å². The molecule has 5 nitrogen and oxygen atoms in total. The SMILES string of the molecule is Cc1ccc(S(=O)(=O)N(CC(=O)N(C)C)c2ccc(C)c(C)c2)cc1. The minimum Gasteiger partial charge on any atom is -0.347 e. The number of carbonyl (C=O) groups excluding carboxylic acids is 1. The number of aryl methyl sites for hydroxylation is 3. The highest BCUT2D eigenvalue weighted by Gasteiger charge is 2.27. The third-order valence-electron chi connectivity index (χ3n) is 4.17. The van der Waals surface area contributed by atoms with Crippen LogP contribution in [0.2, 0.25) is 0 Å². The summed E-state index contributed by atoms with van der Waals surface area (Å²) in [6, 6.07) is 12.0. The van der Waals surface area contributed by atoms with Crippen molar-refractivity contribution < 1.29 is 13.2 Å². The summed E-state index contributed by atoms with van der Waals surface area (Å²) in [5, 5.41) is 0. The number of likely N-dealkylation sites (N-methyl/N-ethyl adjacent to an activating group) is 1. The largest absolute Gasteiger partial charge is 0.347 e. The smallest absolute Gasteiger partial charge is 0.264 e. The average Bonchev–Trinajstić information content (AvgIpc) is 2.55. The van der Waals surface area contributed by atoms with Crippen molar-refractivity contribution in [2.75, 3.05) is 24.9 Å². The van der Waals surface area contributed by atoms with Gasteiger partial charge in [0.25, 0.3) is 10.0 Å². The summed E-state index contributed by atoms with van der Waals surface area (Å²) in [4.78, 5) is 13.8. The number of hydrogen-bond acceptors (Lipinski definition) is 3. The van der Waals surface area contributed by atoms with Crippen molar-refractivity contribution in [3.05, 3.63) is 59.2 Å². The fourth-order valence-electron chi connectivity index (χ4n) is 2.30. The Morgan fingerprint density at radius 2 is 1.52 bits per heavy atom. The van der Waals surface area contributed by atoms with Crippen LogP contribution in [0.1, 0.15) is 16.7 Å². The number of benzene rings is 2. The van der Waals surface area contributed by atoms with E-state index in [2.05, 4.69) is 0 Å². The van der Waals surface area contributed by atoms with E-state index in [9.17, 15) is 13.2 Å². The minimum atomic E-state index is -3.84. The number of anilines is 1. The molecular formula is C19H24N2O3S. The van der Waals surface area contributed by atoms with E-state index in [4.69, 9.17) is 0 Å². The van der Waals surface area contributed by atoms with Gasteiger partial charge in [0.1, 0.15) is 6.54 Å². The van der Waals surface area contributed by atoms with Crippen LogP contribution in [0.4, 0.5) is 5.69 Å². The van der Waals surface area contributed by atoms with Crippen molar-refractivity contribution in [1.82, 2.24) is 4.90 Å². The lowest BCUT2D eigenvalue weighted by atomic mass is 10.1. The summed E-state index contributed by atoms with van der Waals surface area (Å²) in [5.41, 5.74) is 3.49. The van der Waals surface area contributed by atoms with Crippen LogP contribution < -0.4 is 4.31 Å². The Morgan fingerprint density at radius 1 is 0.920 bits per heavy atom. The van der Waals surface area contributed by atoms with Gasteiger partial charge in [-0.1, -0.05) is 23.8 Å². The molecule has 2 aromatic carbocycles. The van der Waals surface area contributed by atoms with Gasteiger partial charge in [-0.2, -0.15) is 0 Å². The molecule has 0 saturated heterocycles. The standard InChI is InChI=1S/C19H24N2O3S/c1-14-6-10-18(11-7-14)25(23,24)21(13-19(22)20(4)5)17-9-8-15(2)16(3)12-17/h6-12H,13H2,1-5H3. The number of rotatable bonds is 5. The van der Waals surface area contributed by atoms with Crippen molar-refractivity contribution >= 4 is 21.6 Å². The maximum absolute atomic E-state index is 13.2. The molecule has 2 rings (SSSR count). The number of carbonyl (C=O) groups is 1. The number of nitrogens with zero attached hydrogens (tertiary/aromatic N) is 2. The van der Waals surface area contributed by atoms with Gasteiger partial charge in [0, 0.05) is 14.1 Å². The molecule has 0 aliphatic heterocycles. The first-order chi connectivity index (χ1) is 11.6. The second-order valence-corrected chi connectivity index (χ2v) is 8.24. The van der Waals surface area contributed by atoms with E-state index in [0.717, 1.165) is 16.7 Å². The normalized spacial score (nSPS) is 11.2. The molecule has 0 radical (unpaired) electrons. The van der Waals surface area contributed by atoms with Crippen LogP contribution in [-0.2, 0) is 14.8 Å². The van der Waals surface area contributed by atoms with Crippen molar-refractivity contribution in [3.63, 3.8) is 0 Å². The lowest BCUT2D eigenvalue weighted by molar-refractivity contribution is -0.127. The van der Waals surface area contributed by atoms with Gasteiger partial charge in [0.2, 0.25) is 5.91 Å². The lowest BCUT2D eigenvalue weighted by Crippen LogP contribution is -2.40. The Labute approximate surface area is 149 Å². The Morgan fingerprint density at radius 3 is 2.04 bits per heavy atom. The van der Waals surface area contributed by atoms with Crippen LogP contribution >= 0.6 is 0 Å². The predicted molar refractivity (Wildman–Crippen MR) is 100 cm³/mol. The molecule has 0 unspecified atom stereocenters. The molecule has 25 heavy (non-hydrogen) atoms. The predicted octanol–water partition coefficient (Wildman–Crippen LogP) is 2.90. The molecule has 0 N–H and O–H groups in total. The molecule has 6 heteroatoms. The fourth-order valence-corrected chi connectivity index (χ4v) is 3.70. The molecule has 1 amide bonds. The zero-order valence-corrected chi connectivity index (χ0v) is 16.1. The van der Waals surface area contributed by atoms with Crippen LogP contribution in [0, 0.1) is 20.8 Å². The van der Waals surface area contributed by atoms with E-state index < -0.39 is 10.0 Å². The van der Waals surface area contributed by atoms with Gasteiger partial charge in [0.05, 0.1) is 10.6 Å². The molecule has 0 aliphatic carbocycles. The van der Waals surface area contributed by atoms with E-state index in [1.165, 1.54) is 9.21 Å². The van der Waals surface area contributed by atoms with E-state index in [0.29, 0.717) is 5.69 Å². The highest BCUT2D eigenvalue weighted by molar-refractivity contribution is 7.92. The van der Waals surface area contributed by atoms with Gasteiger partial charge in [0.15, 0.2) is 0 Å². The summed E-state index contributed by atoms with van der Waals surface area (Å²) in [6.45, 7) is 5.53. The maximum atomic E-state index is 13.2. The average molecular weight is 360 g/mol. The maximum Gasteiger partial charge on any atom is 0.264 e. The van der Waals surface area contributed by atoms with Gasteiger partial charge in [-0.15, -0.1) is 0 Å². The van der Waals surface area contributed by atoms with Gasteiger partial charge < -0.3 is 4.90 Å². The molecule has 0 spiro atoms. The molecule has 0 fully saturated rings. The highest BCUT2D eigenvalue weighted by Crippen LogP contribution is 2.26. The molecule has 2 aromatic rings. The third-order valence-corrected chi connectivity index (χ3v) is 5.95. The number of hydrogen-bond donors (Lipinski definition) is 0. The fraction of sp³-hybridized carbons (Fsp3) is 0.316. The van der Waals surface area contributed by atoms with Crippen molar-refractivity contribution in [2.45, 2.75) is 25.7 Å². The number of sulfonamides is 1. The zero-order valence-electron chi connectivity index (χ0n) is 15.3. The van der Waals surface area contributed by atoms with Gasteiger partial charge >= 0.3 is 0 Å². The first kappa shape index (κ1) is 19.0. The Balaban J connectivity index is 2.55. The van der Waals surface area contributed by atoms with Crippen molar-refractivity contribution in [3.8, 4) is 0 Å². The van der Waals surface area contributed by atoms with Crippen molar-refractivity contribution in [1.29, 1.82) is 0 Å². The Kier molecular flexibility index (Phi) is 5.52. The van der Waals surface area contributed by atoms with Crippen LogP contribution in [0.25, 0.3) is 0 Å². The molecule has 0 bridgehead atoms. The zero-order chi connectivity index (χ0) is 18.8. The van der Waals surface area contributed by atoms with Gasteiger partial charge in [-0.3, -0.25) is 9.10 Å². The molecule has 134 valence electrons. The third kappa shape index (κ3) is 4.20. The Hall–Kier alpha value is -2.34.